The van der Waals surface area contributed by atoms with Gasteiger partial charge in [0.25, 0.3) is 0 Å². The van der Waals surface area contributed by atoms with E-state index in [0.717, 1.165) is 12.8 Å². The van der Waals surface area contributed by atoms with Crippen LogP contribution in [0.2, 0.25) is 0 Å². The molecule has 1 unspecified atom stereocenters. The molecular weight excluding hydrogens is 254 g/mol. The van der Waals surface area contributed by atoms with Crippen LogP contribution in [0.1, 0.15) is 45.4 Å². The van der Waals surface area contributed by atoms with Gasteiger partial charge in [-0.2, -0.15) is 4.31 Å². The number of hydrogen-bond acceptors (Lipinski definition) is 3. The van der Waals surface area contributed by atoms with Crippen LogP contribution in [0.4, 0.5) is 0 Å². The molecule has 0 aromatic carbocycles. The summed E-state index contributed by atoms with van der Waals surface area (Å²) in [5, 5.41) is 9.47. The standard InChI is InChI=1S/C12H21NO4S/c1-2-6-12(11(14)15)7-3-8-13(12)18(16,17)9-10-4-5-10/h10H,2-9H2,1H3,(H,14,15). The average Bonchev–Trinajstić information content (AvgIpc) is 2.95. The van der Waals surface area contributed by atoms with Crippen LogP contribution in [-0.2, 0) is 14.8 Å². The van der Waals surface area contributed by atoms with Crippen molar-refractivity contribution in [2.45, 2.75) is 51.0 Å². The first-order valence-corrected chi connectivity index (χ1v) is 8.27. The van der Waals surface area contributed by atoms with Crippen molar-refractivity contribution in [3.8, 4) is 0 Å². The lowest BCUT2D eigenvalue weighted by Gasteiger charge is -2.33. The highest BCUT2D eigenvalue weighted by atomic mass is 32.2. The lowest BCUT2D eigenvalue weighted by molar-refractivity contribution is -0.147. The Kier molecular flexibility index (Phi) is 3.69. The predicted molar refractivity (Wildman–Crippen MR) is 67.7 cm³/mol. The van der Waals surface area contributed by atoms with E-state index in [1.807, 2.05) is 6.92 Å². The number of carboxylic acids is 1. The zero-order valence-corrected chi connectivity index (χ0v) is 11.6. The second-order valence-corrected chi connectivity index (χ2v) is 7.42. The quantitative estimate of drug-likeness (QED) is 0.796. The van der Waals surface area contributed by atoms with Crippen LogP contribution in [0.5, 0.6) is 0 Å². The maximum absolute atomic E-state index is 12.3. The summed E-state index contributed by atoms with van der Waals surface area (Å²) in [6.45, 7) is 2.26. The highest BCUT2D eigenvalue weighted by Crippen LogP contribution is 2.39. The van der Waals surface area contributed by atoms with Crippen molar-refractivity contribution < 1.29 is 18.3 Å². The van der Waals surface area contributed by atoms with Crippen LogP contribution < -0.4 is 0 Å². The van der Waals surface area contributed by atoms with Gasteiger partial charge in [0.05, 0.1) is 5.75 Å². The molecule has 5 nitrogen and oxygen atoms in total. The summed E-state index contributed by atoms with van der Waals surface area (Å²) in [4.78, 5) is 11.6. The molecule has 1 saturated carbocycles. The molecular formula is C12H21NO4S. The number of sulfonamides is 1. The number of rotatable bonds is 6. The molecule has 2 aliphatic rings. The second kappa shape index (κ2) is 4.81. The summed E-state index contributed by atoms with van der Waals surface area (Å²) >= 11 is 0. The number of carbonyl (C=O) groups is 1. The van der Waals surface area contributed by atoms with Gasteiger partial charge in [-0.25, -0.2) is 8.42 Å². The van der Waals surface area contributed by atoms with E-state index in [9.17, 15) is 18.3 Å². The third kappa shape index (κ3) is 2.40. The maximum atomic E-state index is 12.3. The third-order valence-corrected chi connectivity index (χ3v) is 6.07. The van der Waals surface area contributed by atoms with Crippen LogP contribution in [0.25, 0.3) is 0 Å². The fourth-order valence-corrected chi connectivity index (χ4v) is 5.22. The molecule has 1 heterocycles. The van der Waals surface area contributed by atoms with Crippen LogP contribution >= 0.6 is 0 Å². The Balaban J connectivity index is 2.26. The van der Waals surface area contributed by atoms with E-state index in [0.29, 0.717) is 32.2 Å². The van der Waals surface area contributed by atoms with Crippen LogP contribution in [-0.4, -0.2) is 41.6 Å². The van der Waals surface area contributed by atoms with Gasteiger partial charge in [0.1, 0.15) is 5.54 Å². The minimum absolute atomic E-state index is 0.131. The molecule has 0 amide bonds. The summed E-state index contributed by atoms with van der Waals surface area (Å²) in [6, 6.07) is 0. The van der Waals surface area contributed by atoms with Crippen molar-refractivity contribution in [3.05, 3.63) is 0 Å². The largest absolute Gasteiger partial charge is 0.480 e. The van der Waals surface area contributed by atoms with Crippen molar-refractivity contribution >= 4 is 16.0 Å². The number of carboxylic acid groups (broad SMARTS) is 1. The van der Waals surface area contributed by atoms with E-state index in [1.165, 1.54) is 4.31 Å². The van der Waals surface area contributed by atoms with Gasteiger partial charge < -0.3 is 5.11 Å². The fourth-order valence-electron chi connectivity index (χ4n) is 2.92. The SMILES string of the molecule is CCCC1(C(=O)O)CCCN1S(=O)(=O)CC1CC1. The first-order valence-electron chi connectivity index (χ1n) is 6.66. The molecule has 2 fully saturated rings. The molecule has 1 N–H and O–H groups in total. The molecule has 18 heavy (non-hydrogen) atoms. The summed E-state index contributed by atoms with van der Waals surface area (Å²) in [7, 11) is -3.42. The molecule has 104 valence electrons. The number of hydrogen-bond donors (Lipinski definition) is 1. The van der Waals surface area contributed by atoms with Crippen molar-refractivity contribution in [3.63, 3.8) is 0 Å². The van der Waals surface area contributed by atoms with Crippen molar-refractivity contribution in [2.24, 2.45) is 5.92 Å². The minimum atomic E-state index is -3.42. The minimum Gasteiger partial charge on any atom is -0.480 e. The van der Waals surface area contributed by atoms with E-state index in [4.69, 9.17) is 0 Å². The number of aliphatic carboxylic acids is 1. The first-order chi connectivity index (χ1) is 8.42. The summed E-state index contributed by atoms with van der Waals surface area (Å²) in [5.41, 5.74) is -1.18. The van der Waals surface area contributed by atoms with Gasteiger partial charge in [0.2, 0.25) is 10.0 Å². The molecule has 0 aromatic rings. The van der Waals surface area contributed by atoms with Gasteiger partial charge in [-0.05, 0) is 38.0 Å². The molecule has 1 aliphatic carbocycles. The van der Waals surface area contributed by atoms with Gasteiger partial charge >= 0.3 is 5.97 Å². The average molecular weight is 275 g/mol. The Labute approximate surface area is 108 Å². The normalized spacial score (nSPS) is 29.6. The highest BCUT2D eigenvalue weighted by Gasteiger charge is 2.52. The van der Waals surface area contributed by atoms with E-state index >= 15 is 0 Å². The Morgan fingerprint density at radius 3 is 2.61 bits per heavy atom. The Morgan fingerprint density at radius 2 is 2.11 bits per heavy atom. The zero-order chi connectivity index (χ0) is 13.4. The molecule has 0 bridgehead atoms. The third-order valence-electron chi connectivity index (χ3n) is 3.97. The molecule has 6 heteroatoms. The molecule has 1 aliphatic heterocycles. The smallest absolute Gasteiger partial charge is 0.325 e. The second-order valence-electron chi connectivity index (χ2n) is 5.48. The lowest BCUT2D eigenvalue weighted by atomic mass is 9.92. The monoisotopic (exact) mass is 275 g/mol. The summed E-state index contributed by atoms with van der Waals surface area (Å²) < 4.78 is 26.0. The summed E-state index contributed by atoms with van der Waals surface area (Å²) in [6.07, 6.45) is 4.10. The van der Waals surface area contributed by atoms with Gasteiger partial charge in [-0.15, -0.1) is 0 Å². The molecule has 0 radical (unpaired) electrons. The Morgan fingerprint density at radius 1 is 1.44 bits per heavy atom. The zero-order valence-electron chi connectivity index (χ0n) is 10.8. The van der Waals surface area contributed by atoms with Gasteiger partial charge in [-0.3, -0.25) is 4.79 Å². The van der Waals surface area contributed by atoms with E-state index in [2.05, 4.69) is 0 Å². The molecule has 2 rings (SSSR count). The Hall–Kier alpha value is -0.620. The maximum Gasteiger partial charge on any atom is 0.325 e. The van der Waals surface area contributed by atoms with Crippen LogP contribution in [0.3, 0.4) is 0 Å². The fraction of sp³-hybridized carbons (Fsp3) is 0.917. The van der Waals surface area contributed by atoms with Crippen LogP contribution in [0.15, 0.2) is 0 Å². The van der Waals surface area contributed by atoms with Gasteiger partial charge in [0.15, 0.2) is 0 Å². The van der Waals surface area contributed by atoms with Crippen molar-refractivity contribution in [1.29, 1.82) is 0 Å². The highest BCUT2D eigenvalue weighted by molar-refractivity contribution is 7.89. The summed E-state index contributed by atoms with van der Waals surface area (Å²) in [5.74, 6) is -0.601. The number of nitrogens with zero attached hydrogens (tertiary/aromatic N) is 1. The van der Waals surface area contributed by atoms with E-state index in [1.54, 1.807) is 0 Å². The van der Waals surface area contributed by atoms with Gasteiger partial charge in [0, 0.05) is 6.54 Å². The lowest BCUT2D eigenvalue weighted by Crippen LogP contribution is -2.53. The topological polar surface area (TPSA) is 74.7 Å². The van der Waals surface area contributed by atoms with Crippen molar-refractivity contribution in [1.82, 2.24) is 4.31 Å². The predicted octanol–water partition coefficient (Wildman–Crippen LogP) is 1.45. The molecule has 0 aromatic heterocycles. The van der Waals surface area contributed by atoms with Crippen LogP contribution in [0, 0.1) is 5.92 Å². The van der Waals surface area contributed by atoms with Gasteiger partial charge in [-0.1, -0.05) is 13.3 Å². The van der Waals surface area contributed by atoms with E-state index < -0.39 is 21.5 Å². The molecule has 0 spiro atoms. The first kappa shape index (κ1) is 13.8. The van der Waals surface area contributed by atoms with Crippen molar-refractivity contribution in [2.75, 3.05) is 12.3 Å². The van der Waals surface area contributed by atoms with E-state index in [-0.39, 0.29) is 11.7 Å². The molecule has 1 atom stereocenters. The molecule has 1 saturated heterocycles. The Bertz CT molecular complexity index is 429.